The third kappa shape index (κ3) is 4.67. The predicted octanol–water partition coefficient (Wildman–Crippen LogP) is 0.542. The third-order valence-corrected chi connectivity index (χ3v) is 6.62. The molecule has 1 rings (SSSR count). The van der Waals surface area contributed by atoms with Crippen molar-refractivity contribution < 1.29 is 12.6 Å². The third-order valence-electron chi connectivity index (χ3n) is 3.39. The van der Waals surface area contributed by atoms with Crippen molar-refractivity contribution in [3.63, 3.8) is 0 Å². The van der Waals surface area contributed by atoms with Crippen LogP contribution >= 0.6 is 0 Å². The van der Waals surface area contributed by atoms with E-state index in [1.165, 1.54) is 6.26 Å². The molecule has 0 aromatic heterocycles. The molecule has 1 aliphatic carbocycles. The van der Waals surface area contributed by atoms with Crippen molar-refractivity contribution >= 4 is 20.6 Å². The zero-order valence-electron chi connectivity index (χ0n) is 10.8. The van der Waals surface area contributed by atoms with Crippen LogP contribution in [-0.2, 0) is 20.6 Å². The van der Waals surface area contributed by atoms with E-state index >= 15 is 0 Å². The average molecular weight is 281 g/mol. The molecule has 6 heteroatoms. The molecule has 0 aromatic carbocycles. The first-order valence-corrected chi connectivity index (χ1v) is 9.45. The monoisotopic (exact) mass is 281 g/mol. The van der Waals surface area contributed by atoms with E-state index < -0.39 is 20.6 Å². The topological polar surface area (TPSA) is 77.2 Å². The summed E-state index contributed by atoms with van der Waals surface area (Å²) in [6.45, 7) is 4.23. The number of nitrogens with two attached hydrogens (primary N) is 1. The highest BCUT2D eigenvalue weighted by Crippen LogP contribution is 2.31. The Hall–Kier alpha value is 0.0600. The van der Waals surface area contributed by atoms with Gasteiger partial charge in [0, 0.05) is 28.9 Å². The van der Waals surface area contributed by atoms with E-state index in [0.29, 0.717) is 11.8 Å². The van der Waals surface area contributed by atoms with Crippen molar-refractivity contribution in [2.75, 3.05) is 17.8 Å². The number of rotatable bonds is 4. The molecule has 17 heavy (non-hydrogen) atoms. The van der Waals surface area contributed by atoms with E-state index in [1.54, 1.807) is 0 Å². The molecule has 0 saturated heterocycles. The standard InChI is InChI=1S/C11H23NO3S2/c1-8-6-9(2)11(10(12)7-8)16(13)4-5-17(3,14)15/h8-11H,4-7,12H2,1-3H3. The molecule has 0 spiro atoms. The second-order valence-corrected chi connectivity index (χ2v) is 9.37. The van der Waals surface area contributed by atoms with Crippen molar-refractivity contribution in [3.05, 3.63) is 0 Å². The van der Waals surface area contributed by atoms with E-state index in [2.05, 4.69) is 13.8 Å². The first-order chi connectivity index (χ1) is 7.70. The van der Waals surface area contributed by atoms with E-state index in [0.717, 1.165) is 12.8 Å². The average Bonchev–Trinajstić information content (AvgIpc) is 2.11. The van der Waals surface area contributed by atoms with E-state index in [1.807, 2.05) is 0 Å². The number of hydrogen-bond donors (Lipinski definition) is 1. The molecule has 2 N–H and O–H groups in total. The smallest absolute Gasteiger partial charge is 0.148 e. The minimum absolute atomic E-state index is 0.00882. The Balaban J connectivity index is 2.62. The lowest BCUT2D eigenvalue weighted by Gasteiger charge is -2.36. The van der Waals surface area contributed by atoms with Crippen LogP contribution in [0.25, 0.3) is 0 Å². The molecule has 0 heterocycles. The zero-order valence-corrected chi connectivity index (χ0v) is 12.4. The molecule has 102 valence electrons. The molecule has 0 bridgehead atoms. The van der Waals surface area contributed by atoms with Gasteiger partial charge in [-0.2, -0.15) is 0 Å². The van der Waals surface area contributed by atoms with E-state index in [4.69, 9.17) is 5.73 Å². The summed E-state index contributed by atoms with van der Waals surface area (Å²) >= 11 is 0. The van der Waals surface area contributed by atoms with Gasteiger partial charge in [0.15, 0.2) is 0 Å². The van der Waals surface area contributed by atoms with Gasteiger partial charge in [-0.1, -0.05) is 13.8 Å². The molecule has 0 amide bonds. The molecular weight excluding hydrogens is 258 g/mol. The maximum Gasteiger partial charge on any atom is 0.148 e. The van der Waals surface area contributed by atoms with Gasteiger partial charge >= 0.3 is 0 Å². The van der Waals surface area contributed by atoms with Crippen LogP contribution in [0.15, 0.2) is 0 Å². The van der Waals surface area contributed by atoms with E-state index in [9.17, 15) is 12.6 Å². The molecular formula is C11H23NO3S2. The summed E-state index contributed by atoms with van der Waals surface area (Å²) in [6.07, 6.45) is 3.10. The number of sulfone groups is 1. The van der Waals surface area contributed by atoms with Gasteiger partial charge in [0.05, 0.1) is 11.0 Å². The quantitative estimate of drug-likeness (QED) is 0.816. The summed E-state index contributed by atoms with van der Waals surface area (Å²) < 4.78 is 34.3. The predicted molar refractivity (Wildman–Crippen MR) is 72.0 cm³/mol. The second kappa shape index (κ2) is 5.80. The fourth-order valence-electron chi connectivity index (χ4n) is 2.71. The Morgan fingerprint density at radius 3 is 2.35 bits per heavy atom. The second-order valence-electron chi connectivity index (χ2n) is 5.40. The lowest BCUT2D eigenvalue weighted by Crippen LogP contribution is -2.48. The van der Waals surface area contributed by atoms with Gasteiger partial charge in [-0.05, 0) is 24.7 Å². The maximum absolute atomic E-state index is 12.1. The lowest BCUT2D eigenvalue weighted by atomic mass is 9.80. The van der Waals surface area contributed by atoms with Gasteiger partial charge < -0.3 is 5.73 Å². The molecule has 4 nitrogen and oxygen atoms in total. The van der Waals surface area contributed by atoms with Crippen LogP contribution in [0, 0.1) is 11.8 Å². The summed E-state index contributed by atoms with van der Waals surface area (Å²) in [5, 5.41) is -0.0482. The van der Waals surface area contributed by atoms with Crippen LogP contribution in [0.3, 0.4) is 0 Å². The molecule has 1 fully saturated rings. The molecule has 1 saturated carbocycles. The van der Waals surface area contributed by atoms with Gasteiger partial charge in [0.2, 0.25) is 0 Å². The molecule has 1 aliphatic rings. The molecule has 0 aliphatic heterocycles. The van der Waals surface area contributed by atoms with Crippen LogP contribution in [0.2, 0.25) is 0 Å². The molecule has 5 unspecified atom stereocenters. The minimum atomic E-state index is -3.04. The van der Waals surface area contributed by atoms with Crippen LogP contribution in [0.1, 0.15) is 26.7 Å². The van der Waals surface area contributed by atoms with Crippen molar-refractivity contribution in [2.45, 2.75) is 38.0 Å². The Morgan fingerprint density at radius 2 is 1.88 bits per heavy atom. The van der Waals surface area contributed by atoms with Gasteiger partial charge in [-0.3, -0.25) is 4.21 Å². The SMILES string of the molecule is CC1CC(C)C(S(=O)CCS(C)(=O)=O)C(N)C1. The Labute approximate surface area is 107 Å². The van der Waals surface area contributed by atoms with Crippen molar-refractivity contribution in [2.24, 2.45) is 17.6 Å². The fourth-order valence-corrected chi connectivity index (χ4v) is 5.98. The summed E-state index contributed by atoms with van der Waals surface area (Å²) in [6, 6.07) is -0.0610. The van der Waals surface area contributed by atoms with Gasteiger partial charge in [-0.15, -0.1) is 0 Å². The molecule has 0 aromatic rings. The van der Waals surface area contributed by atoms with Crippen molar-refractivity contribution in [3.8, 4) is 0 Å². The largest absolute Gasteiger partial charge is 0.327 e. The first kappa shape index (κ1) is 15.1. The minimum Gasteiger partial charge on any atom is -0.327 e. The molecule has 0 radical (unpaired) electrons. The van der Waals surface area contributed by atoms with Crippen LogP contribution in [-0.4, -0.2) is 41.7 Å². The van der Waals surface area contributed by atoms with Gasteiger partial charge in [0.1, 0.15) is 9.84 Å². The summed E-state index contributed by atoms with van der Waals surface area (Å²) in [5.74, 6) is 1.10. The first-order valence-electron chi connectivity index (χ1n) is 6.01. The number of hydrogen-bond acceptors (Lipinski definition) is 4. The van der Waals surface area contributed by atoms with E-state index in [-0.39, 0.29) is 22.8 Å². The fraction of sp³-hybridized carbons (Fsp3) is 1.00. The van der Waals surface area contributed by atoms with Crippen molar-refractivity contribution in [1.82, 2.24) is 0 Å². The maximum atomic E-state index is 12.1. The normalized spacial score (nSPS) is 36.7. The van der Waals surface area contributed by atoms with Crippen LogP contribution in [0.4, 0.5) is 0 Å². The summed E-state index contributed by atoms with van der Waals surface area (Å²) in [7, 11) is -4.17. The Kier molecular flexibility index (Phi) is 5.16. The van der Waals surface area contributed by atoms with Crippen LogP contribution in [0.5, 0.6) is 0 Å². The highest BCUT2D eigenvalue weighted by molar-refractivity contribution is 7.92. The van der Waals surface area contributed by atoms with Crippen molar-refractivity contribution in [1.29, 1.82) is 0 Å². The summed E-state index contributed by atoms with van der Waals surface area (Å²) in [4.78, 5) is 0. The Morgan fingerprint density at radius 1 is 1.29 bits per heavy atom. The van der Waals surface area contributed by atoms with Gasteiger partial charge in [0.25, 0.3) is 0 Å². The molecule has 5 atom stereocenters. The van der Waals surface area contributed by atoms with Gasteiger partial charge in [-0.25, -0.2) is 8.42 Å². The zero-order chi connectivity index (χ0) is 13.2. The lowest BCUT2D eigenvalue weighted by molar-refractivity contribution is 0.275. The van der Waals surface area contributed by atoms with Crippen LogP contribution < -0.4 is 5.73 Å². The summed E-state index contributed by atoms with van der Waals surface area (Å²) in [5.41, 5.74) is 6.06. The Bertz CT molecular complexity index is 368. The highest BCUT2D eigenvalue weighted by Gasteiger charge is 2.35. The highest BCUT2D eigenvalue weighted by atomic mass is 32.2.